The summed E-state index contributed by atoms with van der Waals surface area (Å²) in [4.78, 5) is 29.8. The van der Waals surface area contributed by atoms with Gasteiger partial charge in [0.1, 0.15) is 0 Å². The summed E-state index contributed by atoms with van der Waals surface area (Å²) in [5, 5.41) is 2.56. The van der Waals surface area contributed by atoms with Crippen molar-refractivity contribution < 1.29 is 14.3 Å². The van der Waals surface area contributed by atoms with Gasteiger partial charge in [0.2, 0.25) is 5.95 Å². The van der Waals surface area contributed by atoms with Crippen LogP contribution in [0.4, 0.5) is 5.95 Å². The van der Waals surface area contributed by atoms with E-state index in [2.05, 4.69) is 20.0 Å². The predicted molar refractivity (Wildman–Crippen MR) is 64.3 cm³/mol. The van der Waals surface area contributed by atoms with Crippen LogP contribution in [0.2, 0.25) is 0 Å². The summed E-state index contributed by atoms with van der Waals surface area (Å²) >= 11 is 0. The SMILES string of the molecule is COC(=O)c1cccc(C(=O)Nc2ncc[nH]2)c1. The quantitative estimate of drug-likeness (QED) is 0.801. The zero-order chi connectivity index (χ0) is 13.0. The number of imidazole rings is 1. The van der Waals surface area contributed by atoms with Gasteiger partial charge in [-0.15, -0.1) is 0 Å². The first-order valence-electron chi connectivity index (χ1n) is 5.20. The maximum Gasteiger partial charge on any atom is 0.337 e. The fraction of sp³-hybridized carbons (Fsp3) is 0.0833. The number of carbonyl (C=O) groups excluding carboxylic acids is 2. The van der Waals surface area contributed by atoms with Crippen molar-refractivity contribution in [3.05, 3.63) is 47.8 Å². The number of aromatic amines is 1. The van der Waals surface area contributed by atoms with E-state index in [0.29, 0.717) is 17.1 Å². The van der Waals surface area contributed by atoms with Crippen LogP contribution in [0, 0.1) is 0 Å². The molecule has 0 aliphatic heterocycles. The molecule has 18 heavy (non-hydrogen) atoms. The van der Waals surface area contributed by atoms with E-state index >= 15 is 0 Å². The number of H-pyrrole nitrogens is 1. The highest BCUT2D eigenvalue weighted by Crippen LogP contribution is 2.08. The standard InChI is InChI=1S/C12H11N3O3/c1-18-11(17)9-4-2-3-8(7-9)10(16)15-12-13-5-6-14-12/h2-7H,1H3,(H2,13,14,15,16). The number of methoxy groups -OCH3 is 1. The summed E-state index contributed by atoms with van der Waals surface area (Å²) in [7, 11) is 1.29. The second-order valence-electron chi connectivity index (χ2n) is 3.46. The molecule has 0 radical (unpaired) electrons. The van der Waals surface area contributed by atoms with Crippen LogP contribution in [0.1, 0.15) is 20.7 Å². The van der Waals surface area contributed by atoms with Gasteiger partial charge in [-0.2, -0.15) is 0 Å². The van der Waals surface area contributed by atoms with E-state index in [-0.39, 0.29) is 5.91 Å². The molecule has 0 fully saturated rings. The average molecular weight is 245 g/mol. The summed E-state index contributed by atoms with van der Waals surface area (Å²) in [6.45, 7) is 0. The molecule has 0 saturated carbocycles. The first-order chi connectivity index (χ1) is 8.70. The molecule has 0 atom stereocenters. The van der Waals surface area contributed by atoms with Crippen molar-refractivity contribution in [2.75, 3.05) is 12.4 Å². The predicted octanol–water partition coefficient (Wildman–Crippen LogP) is 1.45. The number of carbonyl (C=O) groups is 2. The first kappa shape index (κ1) is 11.8. The minimum absolute atomic E-state index is 0.324. The molecule has 6 nitrogen and oxygen atoms in total. The molecule has 0 saturated heterocycles. The number of amides is 1. The lowest BCUT2D eigenvalue weighted by molar-refractivity contribution is 0.0600. The largest absolute Gasteiger partial charge is 0.465 e. The normalized spacial score (nSPS) is 9.83. The third-order valence-corrected chi connectivity index (χ3v) is 2.28. The van der Waals surface area contributed by atoms with Gasteiger partial charge in [-0.25, -0.2) is 9.78 Å². The Kier molecular flexibility index (Phi) is 3.38. The number of hydrogen-bond acceptors (Lipinski definition) is 4. The number of hydrogen-bond donors (Lipinski definition) is 2. The van der Waals surface area contributed by atoms with Gasteiger partial charge in [-0.05, 0) is 18.2 Å². The summed E-state index contributed by atoms with van der Waals surface area (Å²) in [5.74, 6) is -0.484. The number of esters is 1. The molecule has 2 N–H and O–H groups in total. The fourth-order valence-electron chi connectivity index (χ4n) is 1.42. The van der Waals surface area contributed by atoms with Crippen LogP contribution in [0.15, 0.2) is 36.7 Å². The Hall–Kier alpha value is -2.63. The van der Waals surface area contributed by atoms with Crippen LogP contribution < -0.4 is 5.32 Å². The molecule has 0 unspecified atom stereocenters. The number of benzene rings is 1. The van der Waals surface area contributed by atoms with Crippen molar-refractivity contribution in [2.45, 2.75) is 0 Å². The van der Waals surface area contributed by atoms with Gasteiger partial charge in [-0.3, -0.25) is 10.1 Å². The minimum atomic E-state index is -0.484. The Labute approximate surface area is 103 Å². The fourth-order valence-corrected chi connectivity index (χ4v) is 1.42. The second-order valence-corrected chi connectivity index (χ2v) is 3.46. The Bertz CT molecular complexity index is 564. The molecule has 2 rings (SSSR count). The lowest BCUT2D eigenvalue weighted by Gasteiger charge is -2.04. The monoisotopic (exact) mass is 245 g/mol. The van der Waals surface area contributed by atoms with Crippen molar-refractivity contribution in [3.8, 4) is 0 Å². The molecule has 2 aromatic rings. The molecular formula is C12H11N3O3. The molecular weight excluding hydrogens is 234 g/mol. The van der Waals surface area contributed by atoms with Gasteiger partial charge in [0.05, 0.1) is 12.7 Å². The molecule has 0 aliphatic rings. The van der Waals surface area contributed by atoms with Crippen molar-refractivity contribution in [2.24, 2.45) is 0 Å². The molecule has 0 aliphatic carbocycles. The maximum absolute atomic E-state index is 11.9. The summed E-state index contributed by atoms with van der Waals surface area (Å²) in [5.41, 5.74) is 0.680. The Morgan fingerprint density at radius 1 is 1.33 bits per heavy atom. The number of ether oxygens (including phenoxy) is 1. The van der Waals surface area contributed by atoms with Gasteiger partial charge < -0.3 is 9.72 Å². The van der Waals surface area contributed by atoms with E-state index in [1.165, 1.54) is 19.4 Å². The highest BCUT2D eigenvalue weighted by Gasteiger charge is 2.11. The van der Waals surface area contributed by atoms with Crippen molar-refractivity contribution >= 4 is 17.8 Å². The highest BCUT2D eigenvalue weighted by molar-refractivity contribution is 6.04. The second kappa shape index (κ2) is 5.13. The van der Waals surface area contributed by atoms with Gasteiger partial charge >= 0.3 is 5.97 Å². The summed E-state index contributed by atoms with van der Waals surface area (Å²) < 4.78 is 4.59. The molecule has 1 aromatic carbocycles. The molecule has 6 heteroatoms. The van der Waals surface area contributed by atoms with Crippen LogP contribution in [-0.2, 0) is 4.74 Å². The van der Waals surface area contributed by atoms with Crippen LogP contribution >= 0.6 is 0 Å². The maximum atomic E-state index is 11.9. The molecule has 1 amide bonds. The Morgan fingerprint density at radius 2 is 2.11 bits per heavy atom. The summed E-state index contributed by atoms with van der Waals surface area (Å²) in [6.07, 6.45) is 3.13. The van der Waals surface area contributed by atoms with Crippen molar-refractivity contribution in [1.29, 1.82) is 0 Å². The van der Waals surface area contributed by atoms with Crippen LogP contribution in [0.5, 0.6) is 0 Å². The van der Waals surface area contributed by atoms with E-state index < -0.39 is 5.97 Å². The van der Waals surface area contributed by atoms with E-state index in [1.807, 2.05) is 0 Å². The Balaban J connectivity index is 2.18. The van der Waals surface area contributed by atoms with E-state index in [0.717, 1.165) is 0 Å². The Morgan fingerprint density at radius 3 is 2.78 bits per heavy atom. The third kappa shape index (κ3) is 2.54. The lowest BCUT2D eigenvalue weighted by Crippen LogP contribution is -2.14. The smallest absolute Gasteiger partial charge is 0.337 e. The van der Waals surface area contributed by atoms with Gasteiger partial charge in [-0.1, -0.05) is 6.07 Å². The number of nitrogens with zero attached hydrogens (tertiary/aromatic N) is 1. The molecule has 0 spiro atoms. The number of rotatable bonds is 3. The van der Waals surface area contributed by atoms with Crippen LogP contribution in [0.25, 0.3) is 0 Å². The minimum Gasteiger partial charge on any atom is -0.465 e. The van der Waals surface area contributed by atoms with Gasteiger partial charge in [0.25, 0.3) is 5.91 Å². The number of anilines is 1. The zero-order valence-electron chi connectivity index (χ0n) is 9.64. The number of aromatic nitrogens is 2. The van der Waals surface area contributed by atoms with Crippen LogP contribution in [0.3, 0.4) is 0 Å². The molecule has 1 heterocycles. The average Bonchev–Trinajstić information content (AvgIpc) is 2.90. The van der Waals surface area contributed by atoms with Crippen molar-refractivity contribution in [1.82, 2.24) is 9.97 Å². The number of nitrogens with one attached hydrogen (secondary N) is 2. The van der Waals surface area contributed by atoms with E-state index in [9.17, 15) is 9.59 Å². The highest BCUT2D eigenvalue weighted by atomic mass is 16.5. The van der Waals surface area contributed by atoms with Crippen molar-refractivity contribution in [3.63, 3.8) is 0 Å². The van der Waals surface area contributed by atoms with Gasteiger partial charge in [0.15, 0.2) is 0 Å². The zero-order valence-corrected chi connectivity index (χ0v) is 9.64. The van der Waals surface area contributed by atoms with Gasteiger partial charge in [0, 0.05) is 18.0 Å². The molecule has 1 aromatic heterocycles. The summed E-state index contributed by atoms with van der Waals surface area (Å²) in [6, 6.07) is 6.26. The first-order valence-corrected chi connectivity index (χ1v) is 5.20. The molecule has 0 bridgehead atoms. The van der Waals surface area contributed by atoms with E-state index in [4.69, 9.17) is 0 Å². The lowest BCUT2D eigenvalue weighted by atomic mass is 10.1. The third-order valence-electron chi connectivity index (χ3n) is 2.28. The topological polar surface area (TPSA) is 84.1 Å². The van der Waals surface area contributed by atoms with Crippen LogP contribution in [-0.4, -0.2) is 29.0 Å². The molecule has 92 valence electrons. The van der Waals surface area contributed by atoms with E-state index in [1.54, 1.807) is 24.4 Å².